The van der Waals surface area contributed by atoms with Crippen LogP contribution in [0.1, 0.15) is 16.3 Å². The number of hydrogen-bond donors (Lipinski definition) is 2. The largest absolute Gasteiger partial charge is 0.469 e. The summed E-state index contributed by atoms with van der Waals surface area (Å²) in [6.45, 7) is 1.84. The van der Waals surface area contributed by atoms with Crippen LogP contribution in [0.15, 0.2) is 44.7 Å². The van der Waals surface area contributed by atoms with Crippen molar-refractivity contribution in [3.8, 4) is 11.4 Å². The number of carbonyl (C=O) groups is 2. The molecule has 0 aliphatic rings. The minimum Gasteiger partial charge on any atom is -0.469 e. The average Bonchev–Trinajstić information content (AvgIpc) is 3.33. The van der Waals surface area contributed by atoms with E-state index in [2.05, 4.69) is 21.0 Å². The predicted molar refractivity (Wildman–Crippen MR) is 88.5 cm³/mol. The highest BCUT2D eigenvalue weighted by atomic mass is 32.2. The molecule has 0 aliphatic heterocycles. The van der Waals surface area contributed by atoms with Crippen LogP contribution < -0.4 is 10.9 Å². The average molecular weight is 361 g/mol. The van der Waals surface area contributed by atoms with Crippen molar-refractivity contribution in [3.63, 3.8) is 0 Å². The van der Waals surface area contributed by atoms with E-state index in [0.29, 0.717) is 11.0 Å². The monoisotopic (exact) mass is 361 g/mol. The molecule has 3 heterocycles. The zero-order chi connectivity index (χ0) is 17.8. The Labute approximate surface area is 146 Å². The normalized spacial score (nSPS) is 10.6. The van der Waals surface area contributed by atoms with E-state index in [1.165, 1.54) is 24.1 Å². The van der Waals surface area contributed by atoms with Gasteiger partial charge in [-0.3, -0.25) is 20.4 Å². The van der Waals surface area contributed by atoms with Crippen molar-refractivity contribution >= 4 is 23.6 Å². The van der Waals surface area contributed by atoms with Gasteiger partial charge in [-0.05, 0) is 25.1 Å². The van der Waals surface area contributed by atoms with Gasteiger partial charge in [0.05, 0.1) is 23.8 Å². The molecule has 2 amide bonds. The van der Waals surface area contributed by atoms with E-state index in [9.17, 15) is 9.59 Å². The molecule has 25 heavy (non-hydrogen) atoms. The van der Waals surface area contributed by atoms with Gasteiger partial charge in [-0.25, -0.2) is 0 Å². The summed E-state index contributed by atoms with van der Waals surface area (Å²) in [5.41, 5.74) is 5.43. The molecule has 0 unspecified atom stereocenters. The SMILES string of the molecule is Cc1occc1-c1nnc(SCC(=O)NNC(=O)c2ccco2)n1C. The lowest BCUT2D eigenvalue weighted by Crippen LogP contribution is -2.42. The smallest absolute Gasteiger partial charge is 0.305 e. The minimum atomic E-state index is -0.528. The molecular formula is C15H15N5O4S. The molecular weight excluding hydrogens is 346 g/mol. The van der Waals surface area contributed by atoms with Gasteiger partial charge in [0.25, 0.3) is 0 Å². The second-order valence-corrected chi connectivity index (χ2v) is 5.97. The summed E-state index contributed by atoms with van der Waals surface area (Å²) in [6, 6.07) is 4.89. The Bertz CT molecular complexity index is 884. The molecule has 10 heteroatoms. The van der Waals surface area contributed by atoms with Gasteiger partial charge >= 0.3 is 5.91 Å². The highest BCUT2D eigenvalue weighted by Crippen LogP contribution is 2.25. The van der Waals surface area contributed by atoms with Crippen LogP contribution in [0, 0.1) is 6.92 Å². The lowest BCUT2D eigenvalue weighted by atomic mass is 10.2. The summed E-state index contributed by atoms with van der Waals surface area (Å²) >= 11 is 1.20. The maximum absolute atomic E-state index is 11.8. The van der Waals surface area contributed by atoms with Crippen molar-refractivity contribution in [3.05, 3.63) is 42.2 Å². The number of aryl methyl sites for hydroxylation is 1. The van der Waals surface area contributed by atoms with Crippen molar-refractivity contribution in [2.75, 3.05) is 5.75 Å². The fourth-order valence-electron chi connectivity index (χ4n) is 2.05. The fraction of sp³-hybridized carbons (Fsp3) is 0.200. The molecule has 0 saturated heterocycles. The van der Waals surface area contributed by atoms with E-state index in [1.54, 1.807) is 23.9 Å². The first-order chi connectivity index (χ1) is 12.1. The van der Waals surface area contributed by atoms with Gasteiger partial charge in [-0.1, -0.05) is 11.8 Å². The minimum absolute atomic E-state index is 0.0643. The van der Waals surface area contributed by atoms with E-state index in [1.807, 2.05) is 13.0 Å². The first-order valence-electron chi connectivity index (χ1n) is 7.25. The Hall–Kier alpha value is -3.01. The molecule has 0 spiro atoms. The van der Waals surface area contributed by atoms with E-state index in [4.69, 9.17) is 8.83 Å². The molecule has 0 radical (unpaired) electrons. The molecule has 0 saturated carbocycles. The molecule has 3 aromatic heterocycles. The number of hydrazine groups is 1. The topological polar surface area (TPSA) is 115 Å². The van der Waals surface area contributed by atoms with Crippen LogP contribution in [0.3, 0.4) is 0 Å². The third-order valence-corrected chi connectivity index (χ3v) is 4.35. The Morgan fingerprint density at radius 1 is 1.20 bits per heavy atom. The van der Waals surface area contributed by atoms with Gasteiger partial charge in [0.2, 0.25) is 5.91 Å². The lowest BCUT2D eigenvalue weighted by Gasteiger charge is -2.06. The second-order valence-electron chi connectivity index (χ2n) is 5.02. The number of nitrogens with zero attached hydrogens (tertiary/aromatic N) is 3. The first kappa shape index (κ1) is 16.8. The van der Waals surface area contributed by atoms with Gasteiger partial charge in [-0.15, -0.1) is 10.2 Å². The summed E-state index contributed by atoms with van der Waals surface area (Å²) in [5.74, 6) is 0.662. The molecule has 9 nitrogen and oxygen atoms in total. The van der Waals surface area contributed by atoms with Crippen molar-refractivity contribution in [1.82, 2.24) is 25.6 Å². The highest BCUT2D eigenvalue weighted by molar-refractivity contribution is 7.99. The van der Waals surface area contributed by atoms with Crippen molar-refractivity contribution < 1.29 is 18.4 Å². The molecule has 130 valence electrons. The Kier molecular flexibility index (Phi) is 4.89. The second kappa shape index (κ2) is 7.26. The number of aromatic nitrogens is 3. The van der Waals surface area contributed by atoms with Crippen LogP contribution in [-0.2, 0) is 11.8 Å². The molecule has 0 aromatic carbocycles. The molecule has 3 aromatic rings. The zero-order valence-electron chi connectivity index (χ0n) is 13.5. The van der Waals surface area contributed by atoms with Crippen LogP contribution in [-0.4, -0.2) is 32.3 Å². The first-order valence-corrected chi connectivity index (χ1v) is 8.24. The van der Waals surface area contributed by atoms with Gasteiger partial charge < -0.3 is 13.4 Å². The summed E-state index contributed by atoms with van der Waals surface area (Å²) in [5, 5.41) is 8.77. The molecule has 2 N–H and O–H groups in total. The van der Waals surface area contributed by atoms with Crippen LogP contribution in [0.2, 0.25) is 0 Å². The van der Waals surface area contributed by atoms with Gasteiger partial charge in [0.15, 0.2) is 16.7 Å². The summed E-state index contributed by atoms with van der Waals surface area (Å²) in [6.07, 6.45) is 2.96. The number of nitrogens with one attached hydrogen (secondary N) is 2. The van der Waals surface area contributed by atoms with Crippen LogP contribution in [0.5, 0.6) is 0 Å². The number of thioether (sulfide) groups is 1. The van der Waals surface area contributed by atoms with Gasteiger partial charge in [0.1, 0.15) is 5.76 Å². The standard InChI is InChI=1S/C15H15N5O4S/c1-9-10(5-7-23-9)13-17-19-15(20(13)2)25-8-12(21)16-18-14(22)11-4-3-6-24-11/h3-7H,8H2,1-2H3,(H,16,21)(H,18,22). The maximum Gasteiger partial charge on any atom is 0.305 e. The third-order valence-electron chi connectivity index (χ3n) is 3.33. The number of hydrogen-bond acceptors (Lipinski definition) is 7. The number of carbonyl (C=O) groups excluding carboxylic acids is 2. The fourth-order valence-corrected chi connectivity index (χ4v) is 2.77. The van der Waals surface area contributed by atoms with Crippen molar-refractivity contribution in [2.45, 2.75) is 12.1 Å². The summed E-state index contributed by atoms with van der Waals surface area (Å²) < 4.78 is 12.0. The van der Waals surface area contributed by atoms with Crippen molar-refractivity contribution in [1.29, 1.82) is 0 Å². The van der Waals surface area contributed by atoms with Crippen molar-refractivity contribution in [2.24, 2.45) is 7.05 Å². The summed E-state index contributed by atoms with van der Waals surface area (Å²) in [7, 11) is 1.81. The lowest BCUT2D eigenvalue weighted by molar-refractivity contribution is -0.119. The predicted octanol–water partition coefficient (Wildman–Crippen LogP) is 1.53. The van der Waals surface area contributed by atoms with Crippen LogP contribution >= 0.6 is 11.8 Å². The highest BCUT2D eigenvalue weighted by Gasteiger charge is 2.16. The van der Waals surface area contributed by atoms with E-state index >= 15 is 0 Å². The van der Waals surface area contributed by atoms with Gasteiger partial charge in [0, 0.05) is 7.05 Å². The molecule has 0 aliphatic carbocycles. The Balaban J connectivity index is 1.53. The number of rotatable bonds is 5. The molecule has 0 bridgehead atoms. The molecule has 3 rings (SSSR count). The Morgan fingerprint density at radius 3 is 2.72 bits per heavy atom. The van der Waals surface area contributed by atoms with E-state index in [0.717, 1.165) is 11.3 Å². The van der Waals surface area contributed by atoms with Crippen LogP contribution in [0.4, 0.5) is 0 Å². The van der Waals surface area contributed by atoms with Crippen LogP contribution in [0.25, 0.3) is 11.4 Å². The number of amides is 2. The summed E-state index contributed by atoms with van der Waals surface area (Å²) in [4.78, 5) is 23.5. The zero-order valence-corrected chi connectivity index (χ0v) is 14.3. The third kappa shape index (κ3) is 3.74. The maximum atomic E-state index is 11.8. The quantitative estimate of drug-likeness (QED) is 0.523. The van der Waals surface area contributed by atoms with E-state index < -0.39 is 5.91 Å². The van der Waals surface area contributed by atoms with E-state index in [-0.39, 0.29) is 17.4 Å². The van der Waals surface area contributed by atoms with Gasteiger partial charge in [-0.2, -0.15) is 0 Å². The Morgan fingerprint density at radius 2 is 2.04 bits per heavy atom. The number of furan rings is 2. The molecule has 0 fully saturated rings. The molecule has 0 atom stereocenters.